The van der Waals surface area contributed by atoms with Gasteiger partial charge in [0, 0.05) is 10.6 Å². The van der Waals surface area contributed by atoms with E-state index < -0.39 is 22.5 Å². The molecular weight excluding hydrogens is 390 g/mol. The van der Waals surface area contributed by atoms with Gasteiger partial charge in [-0.05, 0) is 36.8 Å². The van der Waals surface area contributed by atoms with Gasteiger partial charge in [-0.25, -0.2) is 13.8 Å². The second kappa shape index (κ2) is 8.88. The van der Waals surface area contributed by atoms with E-state index in [0.717, 1.165) is 10.6 Å². The molecule has 0 spiro atoms. The fourth-order valence-corrected chi connectivity index (χ4v) is 3.42. The van der Waals surface area contributed by atoms with Gasteiger partial charge in [-0.1, -0.05) is 29.8 Å². The Morgan fingerprint density at radius 2 is 2.00 bits per heavy atom. The van der Waals surface area contributed by atoms with Crippen molar-refractivity contribution in [2.45, 2.75) is 6.92 Å². The van der Waals surface area contributed by atoms with E-state index in [9.17, 15) is 13.2 Å². The lowest BCUT2D eigenvalue weighted by molar-refractivity contribution is -0.119. The van der Waals surface area contributed by atoms with Crippen molar-refractivity contribution < 1.29 is 17.9 Å². The molecule has 27 heavy (non-hydrogen) atoms. The van der Waals surface area contributed by atoms with Crippen molar-refractivity contribution in [2.75, 3.05) is 24.2 Å². The third kappa shape index (κ3) is 5.70. The number of methoxy groups -OCH3 is 1. The maximum absolute atomic E-state index is 12.2. The number of hydrazone groups is 1. The molecule has 2 aromatic rings. The third-order valence-corrected chi connectivity index (χ3v) is 5.02. The molecule has 0 aliphatic carbocycles. The second-order valence-corrected chi connectivity index (χ2v) is 8.08. The zero-order valence-electron chi connectivity index (χ0n) is 15.1. The Bertz CT molecular complexity index is 961. The third-order valence-electron chi connectivity index (χ3n) is 3.66. The SMILES string of the molecule is COc1ccccc1/C=N\NC(=O)CN(c1cc(Cl)ccc1C)S(C)(=O)=O. The van der Waals surface area contributed by atoms with E-state index in [4.69, 9.17) is 16.3 Å². The molecule has 0 heterocycles. The molecule has 0 radical (unpaired) electrons. The normalized spacial score (nSPS) is 11.4. The minimum atomic E-state index is -3.70. The number of anilines is 1. The monoisotopic (exact) mass is 409 g/mol. The number of sulfonamides is 1. The van der Waals surface area contributed by atoms with Gasteiger partial charge in [0.15, 0.2) is 0 Å². The van der Waals surface area contributed by atoms with Crippen LogP contribution in [-0.2, 0) is 14.8 Å². The summed E-state index contributed by atoms with van der Waals surface area (Å²) in [5.41, 5.74) is 4.01. The Kier molecular flexibility index (Phi) is 6.81. The Labute approximate surface area is 163 Å². The average Bonchev–Trinajstić information content (AvgIpc) is 2.61. The second-order valence-electron chi connectivity index (χ2n) is 5.74. The van der Waals surface area contributed by atoms with E-state index in [0.29, 0.717) is 27.6 Å². The van der Waals surface area contributed by atoms with Crippen molar-refractivity contribution in [1.29, 1.82) is 0 Å². The Morgan fingerprint density at radius 1 is 1.30 bits per heavy atom. The lowest BCUT2D eigenvalue weighted by atomic mass is 10.2. The molecule has 2 aromatic carbocycles. The zero-order chi connectivity index (χ0) is 20.0. The lowest BCUT2D eigenvalue weighted by Gasteiger charge is -2.23. The Balaban J connectivity index is 2.15. The number of ether oxygens (including phenoxy) is 1. The van der Waals surface area contributed by atoms with Gasteiger partial charge in [0.25, 0.3) is 5.91 Å². The van der Waals surface area contributed by atoms with Gasteiger partial charge >= 0.3 is 0 Å². The van der Waals surface area contributed by atoms with Crippen molar-refractivity contribution in [3.63, 3.8) is 0 Å². The lowest BCUT2D eigenvalue weighted by Crippen LogP contribution is -2.39. The van der Waals surface area contributed by atoms with E-state index >= 15 is 0 Å². The molecule has 9 heteroatoms. The minimum absolute atomic E-state index is 0.342. The van der Waals surface area contributed by atoms with Crippen LogP contribution in [0.3, 0.4) is 0 Å². The number of hydrogen-bond donors (Lipinski definition) is 1. The zero-order valence-corrected chi connectivity index (χ0v) is 16.7. The number of nitrogens with one attached hydrogen (secondary N) is 1. The van der Waals surface area contributed by atoms with Crippen LogP contribution in [-0.4, -0.2) is 40.4 Å². The summed E-state index contributed by atoms with van der Waals surface area (Å²) < 4.78 is 30.5. The van der Waals surface area contributed by atoms with E-state index in [1.165, 1.54) is 19.4 Å². The summed E-state index contributed by atoms with van der Waals surface area (Å²) in [6, 6.07) is 12.0. The summed E-state index contributed by atoms with van der Waals surface area (Å²) in [6.45, 7) is 1.31. The molecule has 2 rings (SSSR count). The fourth-order valence-electron chi connectivity index (χ4n) is 2.34. The highest BCUT2D eigenvalue weighted by molar-refractivity contribution is 7.92. The van der Waals surface area contributed by atoms with Gasteiger partial charge in [-0.2, -0.15) is 5.10 Å². The fraction of sp³-hybridized carbons (Fsp3) is 0.222. The maximum atomic E-state index is 12.2. The first kappa shape index (κ1) is 20.7. The number of nitrogens with zero attached hydrogens (tertiary/aromatic N) is 2. The predicted octanol–water partition coefficient (Wildman–Crippen LogP) is 2.57. The smallest absolute Gasteiger partial charge is 0.260 e. The first-order chi connectivity index (χ1) is 12.7. The van der Waals surface area contributed by atoms with Crippen LogP contribution in [0.1, 0.15) is 11.1 Å². The summed E-state index contributed by atoms with van der Waals surface area (Å²) in [4.78, 5) is 12.2. The van der Waals surface area contributed by atoms with Gasteiger partial charge in [-0.3, -0.25) is 9.10 Å². The van der Waals surface area contributed by atoms with Crippen molar-refractivity contribution in [3.8, 4) is 5.75 Å². The highest BCUT2D eigenvalue weighted by atomic mass is 35.5. The number of carbonyl (C=O) groups is 1. The van der Waals surface area contributed by atoms with E-state index in [1.807, 2.05) is 6.07 Å². The van der Waals surface area contributed by atoms with Crippen molar-refractivity contribution in [1.82, 2.24) is 5.43 Å². The van der Waals surface area contributed by atoms with Gasteiger partial charge < -0.3 is 4.74 Å². The maximum Gasteiger partial charge on any atom is 0.260 e. The van der Waals surface area contributed by atoms with Crippen LogP contribution >= 0.6 is 11.6 Å². The number of halogens is 1. The number of amides is 1. The molecule has 0 aromatic heterocycles. The van der Waals surface area contributed by atoms with E-state index in [-0.39, 0.29) is 0 Å². The van der Waals surface area contributed by atoms with Gasteiger partial charge in [0.05, 0.1) is 25.3 Å². The molecule has 0 unspecified atom stereocenters. The summed E-state index contributed by atoms with van der Waals surface area (Å²) in [6.07, 6.45) is 2.45. The average molecular weight is 410 g/mol. The molecular formula is C18H20ClN3O4S. The Hall–Kier alpha value is -2.58. The number of benzene rings is 2. The van der Waals surface area contributed by atoms with Crippen LogP contribution in [0.5, 0.6) is 5.75 Å². The highest BCUT2D eigenvalue weighted by Crippen LogP contribution is 2.26. The number of carbonyl (C=O) groups excluding carboxylic acids is 1. The standard InChI is InChI=1S/C18H20ClN3O4S/c1-13-8-9-15(19)10-16(13)22(27(3,24)25)12-18(23)21-20-11-14-6-4-5-7-17(14)26-2/h4-11H,12H2,1-3H3,(H,21,23)/b20-11-. The van der Waals surface area contributed by atoms with Crippen molar-refractivity contribution >= 4 is 39.4 Å². The van der Waals surface area contributed by atoms with Crippen LogP contribution in [0.2, 0.25) is 5.02 Å². The van der Waals surface area contributed by atoms with Crippen LogP contribution in [0.15, 0.2) is 47.6 Å². The minimum Gasteiger partial charge on any atom is -0.496 e. The highest BCUT2D eigenvalue weighted by Gasteiger charge is 2.22. The van der Waals surface area contributed by atoms with E-state index in [1.54, 1.807) is 37.3 Å². The molecule has 0 saturated carbocycles. The van der Waals surface area contributed by atoms with Gasteiger partial charge in [0.2, 0.25) is 10.0 Å². The predicted molar refractivity (Wildman–Crippen MR) is 107 cm³/mol. The molecule has 1 amide bonds. The number of hydrogen-bond acceptors (Lipinski definition) is 5. The van der Waals surface area contributed by atoms with Crippen LogP contribution < -0.4 is 14.5 Å². The van der Waals surface area contributed by atoms with Crippen molar-refractivity contribution in [3.05, 3.63) is 58.6 Å². The van der Waals surface area contributed by atoms with Crippen molar-refractivity contribution in [2.24, 2.45) is 5.10 Å². The molecule has 0 bridgehead atoms. The molecule has 0 saturated heterocycles. The van der Waals surface area contributed by atoms with Crippen LogP contribution in [0.4, 0.5) is 5.69 Å². The van der Waals surface area contributed by atoms with Gasteiger partial charge in [0.1, 0.15) is 12.3 Å². The summed E-state index contributed by atoms with van der Waals surface area (Å²) in [7, 11) is -2.17. The number of rotatable bonds is 7. The summed E-state index contributed by atoms with van der Waals surface area (Å²) >= 11 is 5.97. The first-order valence-corrected chi connectivity index (χ1v) is 10.1. The molecule has 0 aliphatic rings. The topological polar surface area (TPSA) is 88.1 Å². The molecule has 144 valence electrons. The quantitative estimate of drug-likeness (QED) is 0.562. The van der Waals surface area contributed by atoms with Gasteiger partial charge in [-0.15, -0.1) is 0 Å². The van der Waals surface area contributed by atoms with Crippen LogP contribution in [0.25, 0.3) is 0 Å². The molecule has 0 atom stereocenters. The summed E-state index contributed by atoms with van der Waals surface area (Å²) in [5, 5.41) is 4.24. The number of para-hydroxylation sites is 1. The largest absolute Gasteiger partial charge is 0.496 e. The molecule has 7 nitrogen and oxygen atoms in total. The molecule has 1 N–H and O–H groups in total. The van der Waals surface area contributed by atoms with Crippen LogP contribution in [0, 0.1) is 6.92 Å². The first-order valence-electron chi connectivity index (χ1n) is 7.91. The summed E-state index contributed by atoms with van der Waals surface area (Å²) in [5.74, 6) is 0.00811. The Morgan fingerprint density at radius 3 is 2.67 bits per heavy atom. The molecule has 0 aliphatic heterocycles. The van der Waals surface area contributed by atoms with E-state index in [2.05, 4.69) is 10.5 Å². The molecule has 0 fully saturated rings. The number of aryl methyl sites for hydroxylation is 1.